The Labute approximate surface area is 133 Å². The topological polar surface area (TPSA) is 62.5 Å². The minimum atomic E-state index is -0.488. The molecule has 1 fully saturated rings. The molecule has 1 saturated heterocycles. The average Bonchev–Trinajstić information content (AvgIpc) is 3.05. The molecule has 1 amide bonds. The first kappa shape index (κ1) is 15.5. The molecule has 1 aliphatic rings. The van der Waals surface area contributed by atoms with Gasteiger partial charge in [0.25, 0.3) is 5.91 Å². The number of anilines is 1. The Morgan fingerprint density at radius 1 is 1.22 bits per heavy atom. The van der Waals surface area contributed by atoms with Gasteiger partial charge in [-0.25, -0.2) is 4.39 Å². The van der Waals surface area contributed by atoms with Crippen molar-refractivity contribution in [1.29, 1.82) is 0 Å². The van der Waals surface area contributed by atoms with Crippen LogP contribution in [0.1, 0.15) is 35.9 Å². The first-order chi connectivity index (χ1) is 11.1. The Kier molecular flexibility index (Phi) is 4.27. The molecule has 6 nitrogen and oxygen atoms in total. The molecule has 3 rings (SSSR count). The van der Waals surface area contributed by atoms with Gasteiger partial charge in [0.2, 0.25) is 0 Å². The number of carbonyl (C=O) groups excluding carboxylic acids is 1. The van der Waals surface area contributed by atoms with Crippen molar-refractivity contribution in [3.63, 3.8) is 0 Å². The van der Waals surface area contributed by atoms with Crippen molar-refractivity contribution >= 4 is 11.9 Å². The number of rotatable bonds is 3. The third kappa shape index (κ3) is 3.18. The van der Waals surface area contributed by atoms with Gasteiger partial charge in [0, 0.05) is 32.1 Å². The zero-order valence-electron chi connectivity index (χ0n) is 13.2. The van der Waals surface area contributed by atoms with Gasteiger partial charge < -0.3 is 14.3 Å². The van der Waals surface area contributed by atoms with Crippen molar-refractivity contribution in [2.24, 2.45) is 0 Å². The molecule has 2 aromatic rings. The number of aromatic nitrogens is 2. The molecule has 0 radical (unpaired) electrons. The van der Waals surface area contributed by atoms with Crippen LogP contribution in [-0.4, -0.2) is 47.1 Å². The summed E-state index contributed by atoms with van der Waals surface area (Å²) in [5.41, 5.74) is 0.112. The highest BCUT2D eigenvalue weighted by Crippen LogP contribution is 2.19. The first-order valence-corrected chi connectivity index (χ1v) is 7.68. The van der Waals surface area contributed by atoms with Crippen LogP contribution in [0.3, 0.4) is 0 Å². The third-order valence-electron chi connectivity index (χ3n) is 3.89. The largest absolute Gasteiger partial charge is 0.335 e. The number of nitrogens with zero attached hydrogens (tertiary/aromatic N) is 4. The number of hydrogen-bond donors (Lipinski definition) is 0. The summed E-state index contributed by atoms with van der Waals surface area (Å²) in [5.74, 6) is 0.107. The van der Waals surface area contributed by atoms with Crippen LogP contribution in [-0.2, 0) is 0 Å². The molecule has 0 spiro atoms. The summed E-state index contributed by atoms with van der Waals surface area (Å²) in [6, 6.07) is 6.53. The van der Waals surface area contributed by atoms with Crippen LogP contribution in [0.4, 0.5) is 10.4 Å². The first-order valence-electron chi connectivity index (χ1n) is 7.68. The van der Waals surface area contributed by atoms with Crippen LogP contribution in [0.2, 0.25) is 0 Å². The summed E-state index contributed by atoms with van der Waals surface area (Å²) in [4.78, 5) is 20.3. The molecule has 1 aromatic heterocycles. The Balaban J connectivity index is 1.64. The summed E-state index contributed by atoms with van der Waals surface area (Å²) < 4.78 is 19.0. The Morgan fingerprint density at radius 2 is 1.91 bits per heavy atom. The highest BCUT2D eigenvalue weighted by molar-refractivity contribution is 5.94. The van der Waals surface area contributed by atoms with Crippen LogP contribution in [0.5, 0.6) is 0 Å². The monoisotopic (exact) mass is 318 g/mol. The molecule has 1 aromatic carbocycles. The summed E-state index contributed by atoms with van der Waals surface area (Å²) in [5, 5.41) is 3.95. The molecular weight excluding hydrogens is 299 g/mol. The minimum absolute atomic E-state index is 0.112. The Morgan fingerprint density at radius 3 is 2.52 bits per heavy atom. The molecule has 0 N–H and O–H groups in total. The maximum absolute atomic E-state index is 13.7. The molecule has 2 heterocycles. The summed E-state index contributed by atoms with van der Waals surface area (Å²) in [6.45, 7) is 6.15. The van der Waals surface area contributed by atoms with E-state index >= 15 is 0 Å². The second-order valence-corrected chi connectivity index (χ2v) is 5.85. The zero-order chi connectivity index (χ0) is 16.4. The fourth-order valence-electron chi connectivity index (χ4n) is 2.50. The fourth-order valence-corrected chi connectivity index (χ4v) is 2.50. The van der Waals surface area contributed by atoms with Crippen LogP contribution in [0.25, 0.3) is 0 Å². The van der Waals surface area contributed by atoms with Crippen molar-refractivity contribution in [3.05, 3.63) is 41.5 Å². The van der Waals surface area contributed by atoms with Crippen molar-refractivity contribution in [2.45, 2.75) is 19.8 Å². The number of amides is 1. The van der Waals surface area contributed by atoms with Gasteiger partial charge in [0.15, 0.2) is 5.82 Å². The van der Waals surface area contributed by atoms with Gasteiger partial charge in [-0.3, -0.25) is 4.79 Å². The molecule has 23 heavy (non-hydrogen) atoms. The van der Waals surface area contributed by atoms with Crippen molar-refractivity contribution in [2.75, 3.05) is 31.1 Å². The lowest BCUT2D eigenvalue weighted by Gasteiger charge is -2.33. The molecule has 7 heteroatoms. The minimum Gasteiger partial charge on any atom is -0.335 e. The molecule has 0 saturated carbocycles. The molecule has 0 atom stereocenters. The number of halogens is 1. The van der Waals surface area contributed by atoms with Gasteiger partial charge >= 0.3 is 6.01 Å². The maximum Gasteiger partial charge on any atom is 0.324 e. The number of hydrogen-bond acceptors (Lipinski definition) is 5. The molecular formula is C16H19FN4O2. The lowest BCUT2D eigenvalue weighted by Crippen LogP contribution is -2.49. The molecule has 1 aliphatic heterocycles. The predicted molar refractivity (Wildman–Crippen MR) is 82.9 cm³/mol. The van der Waals surface area contributed by atoms with Crippen molar-refractivity contribution in [1.82, 2.24) is 15.0 Å². The van der Waals surface area contributed by atoms with E-state index in [1.165, 1.54) is 12.1 Å². The van der Waals surface area contributed by atoms with E-state index in [0.717, 1.165) is 0 Å². The van der Waals surface area contributed by atoms with Crippen LogP contribution < -0.4 is 4.90 Å². The van der Waals surface area contributed by atoms with Gasteiger partial charge in [0.1, 0.15) is 5.82 Å². The SMILES string of the molecule is CC(C)c1noc(N2CCN(C(=O)c3ccccc3F)CC2)n1. The van der Waals surface area contributed by atoms with Crippen molar-refractivity contribution in [3.8, 4) is 0 Å². The average molecular weight is 318 g/mol. The Bertz CT molecular complexity index is 693. The smallest absolute Gasteiger partial charge is 0.324 e. The molecule has 0 aliphatic carbocycles. The van der Waals surface area contributed by atoms with Gasteiger partial charge in [-0.1, -0.05) is 31.1 Å². The highest BCUT2D eigenvalue weighted by atomic mass is 19.1. The van der Waals surface area contributed by atoms with Crippen LogP contribution in [0.15, 0.2) is 28.8 Å². The van der Waals surface area contributed by atoms with Crippen LogP contribution in [0, 0.1) is 5.82 Å². The van der Waals surface area contributed by atoms with E-state index in [-0.39, 0.29) is 17.4 Å². The van der Waals surface area contributed by atoms with E-state index in [2.05, 4.69) is 10.1 Å². The number of benzene rings is 1. The number of carbonyl (C=O) groups is 1. The van der Waals surface area contributed by atoms with E-state index in [4.69, 9.17) is 4.52 Å². The second kappa shape index (κ2) is 6.36. The van der Waals surface area contributed by atoms with Gasteiger partial charge in [-0.2, -0.15) is 4.98 Å². The Hall–Kier alpha value is -2.44. The normalized spacial score (nSPS) is 15.3. The zero-order valence-corrected chi connectivity index (χ0v) is 13.2. The van der Waals surface area contributed by atoms with E-state index in [1.807, 2.05) is 18.7 Å². The van der Waals surface area contributed by atoms with E-state index in [9.17, 15) is 9.18 Å². The quantitative estimate of drug-likeness (QED) is 0.869. The molecule has 0 unspecified atom stereocenters. The third-order valence-corrected chi connectivity index (χ3v) is 3.89. The van der Waals surface area contributed by atoms with E-state index in [1.54, 1.807) is 17.0 Å². The van der Waals surface area contributed by atoms with Gasteiger partial charge in [-0.05, 0) is 12.1 Å². The number of piperazine rings is 1. The predicted octanol–water partition coefficient (Wildman–Crippen LogP) is 2.29. The highest BCUT2D eigenvalue weighted by Gasteiger charge is 2.26. The van der Waals surface area contributed by atoms with Gasteiger partial charge in [0.05, 0.1) is 5.56 Å². The van der Waals surface area contributed by atoms with Crippen LogP contribution >= 0.6 is 0 Å². The van der Waals surface area contributed by atoms with Crippen molar-refractivity contribution < 1.29 is 13.7 Å². The lowest BCUT2D eigenvalue weighted by molar-refractivity contribution is 0.0740. The summed E-state index contributed by atoms with van der Waals surface area (Å²) in [7, 11) is 0. The van der Waals surface area contributed by atoms with Gasteiger partial charge in [-0.15, -0.1) is 0 Å². The lowest BCUT2D eigenvalue weighted by atomic mass is 10.1. The second-order valence-electron chi connectivity index (χ2n) is 5.85. The fraction of sp³-hybridized carbons (Fsp3) is 0.438. The maximum atomic E-state index is 13.7. The summed E-state index contributed by atoms with van der Waals surface area (Å²) in [6.07, 6.45) is 0. The summed E-state index contributed by atoms with van der Waals surface area (Å²) >= 11 is 0. The van der Waals surface area contributed by atoms with E-state index < -0.39 is 5.82 Å². The standard InChI is InChI=1S/C16H19FN4O2/c1-11(2)14-18-16(23-19-14)21-9-7-20(8-10-21)15(22)12-5-3-4-6-13(12)17/h3-6,11H,7-10H2,1-2H3. The molecule has 122 valence electrons. The molecule has 0 bridgehead atoms. The van der Waals surface area contributed by atoms with E-state index in [0.29, 0.717) is 38.0 Å².